The summed E-state index contributed by atoms with van der Waals surface area (Å²) in [4.78, 5) is 16.6. The Morgan fingerprint density at radius 1 is 1.08 bits per heavy atom. The number of nitrogens with one attached hydrogen (secondary N) is 2. The lowest BCUT2D eigenvalue weighted by molar-refractivity contribution is -0.120. The Morgan fingerprint density at radius 2 is 1.83 bits per heavy atom. The van der Waals surface area contributed by atoms with Crippen molar-refractivity contribution in [2.45, 2.75) is 45.6 Å². The minimum absolute atomic E-state index is 0.136. The van der Waals surface area contributed by atoms with E-state index >= 15 is 0 Å². The molecule has 24 heavy (non-hydrogen) atoms. The van der Waals surface area contributed by atoms with Gasteiger partial charge in [0.15, 0.2) is 0 Å². The van der Waals surface area contributed by atoms with E-state index in [1.54, 1.807) is 6.20 Å². The van der Waals surface area contributed by atoms with Crippen LogP contribution in [0.5, 0.6) is 0 Å². The molecule has 0 bridgehead atoms. The lowest BCUT2D eigenvalue weighted by atomic mass is 9.88. The number of aryl methyl sites for hydroxylation is 1. The van der Waals surface area contributed by atoms with Gasteiger partial charge >= 0.3 is 0 Å². The van der Waals surface area contributed by atoms with Gasteiger partial charge in [0.25, 0.3) is 0 Å². The second-order valence-corrected chi connectivity index (χ2v) is 6.60. The summed E-state index contributed by atoms with van der Waals surface area (Å²) in [7, 11) is 0. The SMILES string of the molecule is Cc1ccc(CNc2ccc(NC(=O)C3CCCCC3)cn2)cc1. The maximum Gasteiger partial charge on any atom is 0.227 e. The lowest BCUT2D eigenvalue weighted by Gasteiger charge is -2.20. The number of hydrogen-bond donors (Lipinski definition) is 2. The summed E-state index contributed by atoms with van der Waals surface area (Å²) in [5.74, 6) is 1.11. The number of nitrogens with zero attached hydrogens (tertiary/aromatic N) is 1. The van der Waals surface area contributed by atoms with Crippen LogP contribution < -0.4 is 10.6 Å². The zero-order chi connectivity index (χ0) is 16.8. The largest absolute Gasteiger partial charge is 0.366 e. The van der Waals surface area contributed by atoms with Crippen LogP contribution in [0.3, 0.4) is 0 Å². The van der Waals surface area contributed by atoms with Gasteiger partial charge in [0.05, 0.1) is 11.9 Å². The number of hydrogen-bond acceptors (Lipinski definition) is 3. The number of benzene rings is 1. The average molecular weight is 323 g/mol. The fourth-order valence-electron chi connectivity index (χ4n) is 3.08. The van der Waals surface area contributed by atoms with Crippen LogP contribution in [0.4, 0.5) is 11.5 Å². The minimum atomic E-state index is 0.136. The maximum atomic E-state index is 12.2. The van der Waals surface area contributed by atoms with E-state index in [-0.39, 0.29) is 11.8 Å². The molecule has 4 nitrogen and oxygen atoms in total. The number of carbonyl (C=O) groups is 1. The Balaban J connectivity index is 1.51. The first-order chi connectivity index (χ1) is 11.7. The third-order valence-electron chi connectivity index (χ3n) is 4.60. The first-order valence-corrected chi connectivity index (χ1v) is 8.77. The maximum absolute atomic E-state index is 12.2. The van der Waals surface area contributed by atoms with Gasteiger partial charge in [0, 0.05) is 12.5 Å². The second-order valence-electron chi connectivity index (χ2n) is 6.60. The topological polar surface area (TPSA) is 54.0 Å². The number of carbonyl (C=O) groups excluding carboxylic acids is 1. The van der Waals surface area contributed by atoms with Crippen molar-refractivity contribution >= 4 is 17.4 Å². The molecular weight excluding hydrogens is 298 g/mol. The molecular formula is C20H25N3O. The van der Waals surface area contributed by atoms with Crippen LogP contribution in [0.25, 0.3) is 0 Å². The Bertz CT molecular complexity index is 658. The van der Waals surface area contributed by atoms with Gasteiger partial charge in [0.1, 0.15) is 5.82 Å². The molecule has 126 valence electrons. The average Bonchev–Trinajstić information content (AvgIpc) is 2.63. The molecule has 0 radical (unpaired) electrons. The molecule has 1 aromatic heterocycles. The van der Waals surface area contributed by atoms with Gasteiger partial charge in [-0.15, -0.1) is 0 Å². The minimum Gasteiger partial charge on any atom is -0.366 e. The molecule has 1 fully saturated rings. The quantitative estimate of drug-likeness (QED) is 0.850. The van der Waals surface area contributed by atoms with E-state index in [0.29, 0.717) is 0 Å². The molecule has 0 atom stereocenters. The summed E-state index contributed by atoms with van der Waals surface area (Å²) >= 11 is 0. The molecule has 0 aliphatic heterocycles. The van der Waals surface area contributed by atoms with Crippen molar-refractivity contribution in [1.29, 1.82) is 0 Å². The van der Waals surface area contributed by atoms with Crippen LogP contribution in [0.15, 0.2) is 42.6 Å². The zero-order valence-corrected chi connectivity index (χ0v) is 14.2. The van der Waals surface area contributed by atoms with Crippen LogP contribution >= 0.6 is 0 Å². The zero-order valence-electron chi connectivity index (χ0n) is 14.2. The second kappa shape index (κ2) is 7.95. The molecule has 1 aliphatic rings. The normalized spacial score (nSPS) is 15.0. The molecule has 1 aromatic carbocycles. The summed E-state index contributed by atoms with van der Waals surface area (Å²) in [5, 5.41) is 6.29. The fraction of sp³-hybridized carbons (Fsp3) is 0.400. The molecule has 2 aromatic rings. The molecule has 0 unspecified atom stereocenters. The van der Waals surface area contributed by atoms with Crippen molar-refractivity contribution in [2.24, 2.45) is 5.92 Å². The van der Waals surface area contributed by atoms with Gasteiger partial charge in [-0.05, 0) is 37.5 Å². The first kappa shape index (κ1) is 16.5. The number of aromatic nitrogens is 1. The van der Waals surface area contributed by atoms with Crippen molar-refractivity contribution < 1.29 is 4.79 Å². The Hall–Kier alpha value is -2.36. The number of rotatable bonds is 5. The monoisotopic (exact) mass is 323 g/mol. The van der Waals surface area contributed by atoms with E-state index in [0.717, 1.165) is 43.7 Å². The van der Waals surface area contributed by atoms with Crippen LogP contribution in [-0.4, -0.2) is 10.9 Å². The first-order valence-electron chi connectivity index (χ1n) is 8.77. The van der Waals surface area contributed by atoms with Gasteiger partial charge in [-0.3, -0.25) is 4.79 Å². The smallest absolute Gasteiger partial charge is 0.227 e. The van der Waals surface area contributed by atoms with E-state index in [9.17, 15) is 4.79 Å². The van der Waals surface area contributed by atoms with E-state index in [4.69, 9.17) is 0 Å². The summed E-state index contributed by atoms with van der Waals surface area (Å²) in [6.07, 6.45) is 7.33. The van der Waals surface area contributed by atoms with Gasteiger partial charge in [-0.25, -0.2) is 4.98 Å². The molecule has 1 saturated carbocycles. The van der Waals surface area contributed by atoms with Gasteiger partial charge in [0.2, 0.25) is 5.91 Å². The van der Waals surface area contributed by atoms with Crippen molar-refractivity contribution in [3.8, 4) is 0 Å². The molecule has 1 amide bonds. The Labute approximate surface area is 143 Å². The van der Waals surface area contributed by atoms with Crippen molar-refractivity contribution in [3.05, 3.63) is 53.7 Å². The molecule has 0 spiro atoms. The molecule has 0 saturated heterocycles. The highest BCUT2D eigenvalue weighted by Gasteiger charge is 2.20. The summed E-state index contributed by atoms with van der Waals surface area (Å²) in [5.41, 5.74) is 3.25. The standard InChI is InChI=1S/C20H25N3O/c1-15-7-9-16(10-8-15)13-21-19-12-11-18(14-22-19)23-20(24)17-5-3-2-4-6-17/h7-12,14,17H,2-6,13H2,1H3,(H,21,22)(H,23,24). The van der Waals surface area contributed by atoms with E-state index in [1.165, 1.54) is 17.5 Å². The summed E-state index contributed by atoms with van der Waals surface area (Å²) in [6, 6.07) is 12.3. The van der Waals surface area contributed by atoms with Crippen LogP contribution in [-0.2, 0) is 11.3 Å². The molecule has 1 aliphatic carbocycles. The fourth-order valence-corrected chi connectivity index (χ4v) is 3.08. The van der Waals surface area contributed by atoms with Crippen molar-refractivity contribution in [2.75, 3.05) is 10.6 Å². The Kier molecular flexibility index (Phi) is 5.47. The van der Waals surface area contributed by atoms with Crippen LogP contribution in [0, 0.1) is 12.8 Å². The highest BCUT2D eigenvalue weighted by Crippen LogP contribution is 2.25. The predicted octanol–water partition coefficient (Wildman–Crippen LogP) is 4.52. The lowest BCUT2D eigenvalue weighted by Crippen LogP contribution is -2.24. The molecule has 1 heterocycles. The van der Waals surface area contributed by atoms with Crippen LogP contribution in [0.1, 0.15) is 43.2 Å². The van der Waals surface area contributed by atoms with Gasteiger partial charge < -0.3 is 10.6 Å². The van der Waals surface area contributed by atoms with Gasteiger partial charge in [-0.1, -0.05) is 49.1 Å². The molecule has 3 rings (SSSR count). The Morgan fingerprint density at radius 3 is 2.50 bits per heavy atom. The van der Waals surface area contributed by atoms with Gasteiger partial charge in [-0.2, -0.15) is 0 Å². The highest BCUT2D eigenvalue weighted by atomic mass is 16.1. The van der Waals surface area contributed by atoms with Crippen molar-refractivity contribution in [1.82, 2.24) is 4.98 Å². The molecule has 4 heteroatoms. The number of pyridine rings is 1. The van der Waals surface area contributed by atoms with E-state index in [1.807, 2.05) is 12.1 Å². The van der Waals surface area contributed by atoms with Crippen LogP contribution in [0.2, 0.25) is 0 Å². The highest BCUT2D eigenvalue weighted by molar-refractivity contribution is 5.92. The predicted molar refractivity (Wildman–Crippen MR) is 97.9 cm³/mol. The summed E-state index contributed by atoms with van der Waals surface area (Å²) < 4.78 is 0. The van der Waals surface area contributed by atoms with Crippen molar-refractivity contribution in [3.63, 3.8) is 0 Å². The third kappa shape index (κ3) is 4.57. The number of amides is 1. The van der Waals surface area contributed by atoms with E-state index in [2.05, 4.69) is 46.8 Å². The molecule has 2 N–H and O–H groups in total. The number of anilines is 2. The summed E-state index contributed by atoms with van der Waals surface area (Å²) in [6.45, 7) is 2.82. The van der Waals surface area contributed by atoms with E-state index < -0.39 is 0 Å². The third-order valence-corrected chi connectivity index (χ3v) is 4.60.